The van der Waals surface area contributed by atoms with Gasteiger partial charge in [0.1, 0.15) is 5.75 Å². The first-order chi connectivity index (χ1) is 10.2. The highest BCUT2D eigenvalue weighted by molar-refractivity contribution is 5.91. The van der Waals surface area contributed by atoms with Gasteiger partial charge in [0.25, 0.3) is 0 Å². The number of carbonyl (C=O) groups is 1. The van der Waals surface area contributed by atoms with Gasteiger partial charge in [0.15, 0.2) is 0 Å². The van der Waals surface area contributed by atoms with Gasteiger partial charge in [-0.25, -0.2) is 4.79 Å². The van der Waals surface area contributed by atoms with Crippen LogP contribution in [-0.4, -0.2) is 5.97 Å². The van der Waals surface area contributed by atoms with E-state index in [0.29, 0.717) is 11.3 Å². The molecule has 0 spiro atoms. The molecule has 0 N–H and O–H groups in total. The molecule has 0 radical (unpaired) electrons. The molecule has 2 rings (SSSR count). The van der Waals surface area contributed by atoms with E-state index in [1.165, 1.54) is 5.56 Å². The molecule has 0 aliphatic rings. The minimum atomic E-state index is -0.322. The first kappa shape index (κ1) is 15.0. The summed E-state index contributed by atoms with van der Waals surface area (Å²) in [4.78, 5) is 12.1. The number of rotatable bonds is 5. The fraction of sp³-hybridized carbons (Fsp3) is 0.211. The van der Waals surface area contributed by atoms with Crippen molar-refractivity contribution in [2.75, 3.05) is 0 Å². The Morgan fingerprint density at radius 1 is 1.05 bits per heavy atom. The fourth-order valence-electron chi connectivity index (χ4n) is 2.10. The lowest BCUT2D eigenvalue weighted by Gasteiger charge is -2.05. The average Bonchev–Trinajstić information content (AvgIpc) is 2.50. The number of hydrogen-bond acceptors (Lipinski definition) is 2. The van der Waals surface area contributed by atoms with Crippen molar-refractivity contribution >= 4 is 12.0 Å². The van der Waals surface area contributed by atoms with E-state index < -0.39 is 0 Å². The molecule has 0 aliphatic heterocycles. The molecule has 0 aromatic heterocycles. The molecule has 0 heterocycles. The molecule has 2 heteroatoms. The summed E-state index contributed by atoms with van der Waals surface area (Å²) in [7, 11) is 0. The highest BCUT2D eigenvalue weighted by Crippen LogP contribution is 2.15. The standard InChI is InChI=1S/C19H20O2/c1-3-5-15-7-11-17(12-8-15)19(20)21-18-13-9-16(6-4-2)10-14-18/h4,6-14H,3,5H2,1-2H3/b6-4+. The molecule has 0 aliphatic carbocycles. The van der Waals surface area contributed by atoms with Gasteiger partial charge >= 0.3 is 5.97 Å². The molecule has 2 nitrogen and oxygen atoms in total. The molecule has 0 saturated heterocycles. The summed E-state index contributed by atoms with van der Waals surface area (Å²) in [5.74, 6) is 0.239. The molecule has 0 saturated carbocycles. The summed E-state index contributed by atoms with van der Waals surface area (Å²) in [6.07, 6.45) is 6.10. The maximum atomic E-state index is 12.1. The third-order valence-corrected chi connectivity index (χ3v) is 3.18. The largest absolute Gasteiger partial charge is 0.423 e. The van der Waals surface area contributed by atoms with Crippen molar-refractivity contribution in [3.05, 3.63) is 71.3 Å². The Balaban J connectivity index is 2.03. The summed E-state index contributed by atoms with van der Waals surface area (Å²) in [5, 5.41) is 0. The predicted octanol–water partition coefficient (Wildman–Crippen LogP) is 4.89. The molecular weight excluding hydrogens is 260 g/mol. The number of carbonyl (C=O) groups excluding carboxylic acids is 1. The smallest absolute Gasteiger partial charge is 0.343 e. The van der Waals surface area contributed by atoms with Gasteiger partial charge in [0.2, 0.25) is 0 Å². The quantitative estimate of drug-likeness (QED) is 0.575. The third-order valence-electron chi connectivity index (χ3n) is 3.18. The van der Waals surface area contributed by atoms with Crippen LogP contribution < -0.4 is 4.74 Å². The first-order valence-corrected chi connectivity index (χ1v) is 7.27. The molecule has 2 aromatic rings. The second kappa shape index (κ2) is 7.44. The van der Waals surface area contributed by atoms with E-state index in [0.717, 1.165) is 18.4 Å². The van der Waals surface area contributed by atoms with Crippen LogP contribution in [-0.2, 0) is 6.42 Å². The third kappa shape index (κ3) is 4.32. The fourth-order valence-corrected chi connectivity index (χ4v) is 2.10. The molecule has 0 fully saturated rings. The van der Waals surface area contributed by atoms with Gasteiger partial charge in [-0.1, -0.05) is 49.8 Å². The Morgan fingerprint density at radius 3 is 2.29 bits per heavy atom. The second-order valence-electron chi connectivity index (χ2n) is 4.91. The molecule has 0 unspecified atom stereocenters. The van der Waals surface area contributed by atoms with Gasteiger partial charge in [-0.15, -0.1) is 0 Å². The zero-order valence-corrected chi connectivity index (χ0v) is 12.5. The van der Waals surface area contributed by atoms with Crippen molar-refractivity contribution in [3.63, 3.8) is 0 Å². The number of esters is 1. The number of ether oxygens (including phenoxy) is 1. The second-order valence-corrected chi connectivity index (χ2v) is 4.91. The minimum absolute atomic E-state index is 0.322. The summed E-state index contributed by atoms with van der Waals surface area (Å²) < 4.78 is 5.37. The van der Waals surface area contributed by atoms with Crippen molar-refractivity contribution in [3.8, 4) is 5.75 Å². The number of hydrogen-bond donors (Lipinski definition) is 0. The topological polar surface area (TPSA) is 26.3 Å². The number of benzene rings is 2. The average molecular weight is 280 g/mol. The lowest BCUT2D eigenvalue weighted by Crippen LogP contribution is -2.08. The van der Waals surface area contributed by atoms with Crippen LogP contribution in [0.5, 0.6) is 5.75 Å². The zero-order valence-electron chi connectivity index (χ0n) is 12.5. The number of allylic oxidation sites excluding steroid dienone is 1. The normalized spacial score (nSPS) is 10.8. The maximum Gasteiger partial charge on any atom is 0.343 e. The predicted molar refractivity (Wildman–Crippen MR) is 86.5 cm³/mol. The Labute approximate surface area is 126 Å². The Bertz CT molecular complexity index is 607. The van der Waals surface area contributed by atoms with Crippen molar-refractivity contribution in [2.24, 2.45) is 0 Å². The van der Waals surface area contributed by atoms with E-state index in [2.05, 4.69) is 6.92 Å². The van der Waals surface area contributed by atoms with E-state index in [9.17, 15) is 4.79 Å². The van der Waals surface area contributed by atoms with Crippen LogP contribution in [0.25, 0.3) is 6.08 Å². The van der Waals surface area contributed by atoms with Gasteiger partial charge in [0.05, 0.1) is 5.56 Å². The minimum Gasteiger partial charge on any atom is -0.423 e. The highest BCUT2D eigenvalue weighted by atomic mass is 16.5. The van der Waals surface area contributed by atoms with Crippen LogP contribution in [0.2, 0.25) is 0 Å². The molecule has 108 valence electrons. The Morgan fingerprint density at radius 2 is 1.71 bits per heavy atom. The molecule has 0 bridgehead atoms. The van der Waals surface area contributed by atoms with Gasteiger partial charge in [-0.3, -0.25) is 0 Å². The first-order valence-electron chi connectivity index (χ1n) is 7.27. The van der Waals surface area contributed by atoms with E-state index in [-0.39, 0.29) is 5.97 Å². The Hall–Kier alpha value is -2.35. The summed E-state index contributed by atoms with van der Waals surface area (Å²) >= 11 is 0. The number of aryl methyl sites for hydroxylation is 1. The van der Waals surface area contributed by atoms with E-state index in [1.54, 1.807) is 12.1 Å². The lowest BCUT2D eigenvalue weighted by molar-refractivity contribution is 0.0735. The molecular formula is C19H20O2. The SMILES string of the molecule is C/C=C/c1ccc(OC(=O)c2ccc(CCC)cc2)cc1. The van der Waals surface area contributed by atoms with Crippen molar-refractivity contribution < 1.29 is 9.53 Å². The van der Waals surface area contributed by atoms with Crippen LogP contribution in [0, 0.1) is 0 Å². The molecule has 21 heavy (non-hydrogen) atoms. The van der Waals surface area contributed by atoms with Gasteiger partial charge < -0.3 is 4.74 Å². The lowest BCUT2D eigenvalue weighted by atomic mass is 10.1. The molecule has 0 atom stereocenters. The van der Waals surface area contributed by atoms with Crippen LogP contribution in [0.3, 0.4) is 0 Å². The maximum absolute atomic E-state index is 12.1. The van der Waals surface area contributed by atoms with Gasteiger partial charge in [0, 0.05) is 0 Å². The van der Waals surface area contributed by atoms with Crippen LogP contribution in [0.4, 0.5) is 0 Å². The zero-order chi connectivity index (χ0) is 15.1. The Kier molecular flexibility index (Phi) is 5.33. The van der Waals surface area contributed by atoms with E-state index in [4.69, 9.17) is 4.74 Å². The van der Waals surface area contributed by atoms with Crippen molar-refractivity contribution in [2.45, 2.75) is 26.7 Å². The molecule has 0 amide bonds. The van der Waals surface area contributed by atoms with Crippen LogP contribution in [0.15, 0.2) is 54.6 Å². The van der Waals surface area contributed by atoms with Gasteiger partial charge in [-0.2, -0.15) is 0 Å². The van der Waals surface area contributed by atoms with Crippen molar-refractivity contribution in [1.82, 2.24) is 0 Å². The summed E-state index contributed by atoms with van der Waals surface area (Å²) in [6.45, 7) is 4.11. The van der Waals surface area contributed by atoms with Gasteiger partial charge in [-0.05, 0) is 48.7 Å². The van der Waals surface area contributed by atoms with Crippen molar-refractivity contribution in [1.29, 1.82) is 0 Å². The summed E-state index contributed by atoms with van der Waals surface area (Å²) in [6, 6.07) is 15.1. The monoisotopic (exact) mass is 280 g/mol. The van der Waals surface area contributed by atoms with Crippen LogP contribution in [0.1, 0.15) is 41.8 Å². The highest BCUT2D eigenvalue weighted by Gasteiger charge is 2.08. The molecule has 2 aromatic carbocycles. The summed E-state index contributed by atoms with van der Waals surface area (Å²) in [5.41, 5.74) is 2.90. The van der Waals surface area contributed by atoms with E-state index in [1.807, 2.05) is 55.5 Å². The van der Waals surface area contributed by atoms with E-state index >= 15 is 0 Å². The van der Waals surface area contributed by atoms with Crippen LogP contribution >= 0.6 is 0 Å².